The number of aliphatic hydroxyl groups is 1. The van der Waals surface area contributed by atoms with Crippen LogP contribution in [0.15, 0.2) is 0 Å². The van der Waals surface area contributed by atoms with Crippen molar-refractivity contribution in [3.8, 4) is 0 Å². The Morgan fingerprint density at radius 2 is 2.10 bits per heavy atom. The Morgan fingerprint density at radius 3 is 2.50 bits per heavy atom. The van der Waals surface area contributed by atoms with Crippen LogP contribution in [0, 0.1) is 0 Å². The van der Waals surface area contributed by atoms with Gasteiger partial charge in [0.2, 0.25) is 0 Å². The predicted octanol–water partition coefficient (Wildman–Crippen LogP) is 1.15. The summed E-state index contributed by atoms with van der Waals surface area (Å²) < 4.78 is 0. The molecule has 0 saturated heterocycles. The average Bonchev–Trinajstić information content (AvgIpc) is 1.98. The molecule has 10 heavy (non-hydrogen) atoms. The topological polar surface area (TPSA) is 32.3 Å². The molecule has 62 valence electrons. The maximum atomic E-state index is 8.63. The minimum Gasteiger partial charge on any atom is -0.396 e. The minimum atomic E-state index is 0.301. The normalized spacial score (nSPS) is 13.5. The zero-order chi connectivity index (χ0) is 7.82. The van der Waals surface area contributed by atoms with Crippen LogP contribution in [-0.2, 0) is 0 Å². The summed E-state index contributed by atoms with van der Waals surface area (Å²) in [7, 11) is 1.95. The minimum absolute atomic E-state index is 0.301. The first-order chi connectivity index (χ1) is 4.85. The summed E-state index contributed by atoms with van der Waals surface area (Å²) in [6, 6.07) is 0.518. The van der Waals surface area contributed by atoms with Gasteiger partial charge in [-0.05, 0) is 19.9 Å². The van der Waals surface area contributed by atoms with E-state index in [0.717, 1.165) is 6.42 Å². The fourth-order valence-electron chi connectivity index (χ4n) is 1.04. The second-order valence-corrected chi connectivity index (χ2v) is 2.64. The molecule has 0 aromatic heterocycles. The monoisotopic (exact) mass is 145 g/mol. The summed E-state index contributed by atoms with van der Waals surface area (Å²) in [6.07, 6.45) is 4.57. The van der Waals surface area contributed by atoms with Crippen molar-refractivity contribution in [1.82, 2.24) is 5.32 Å². The first-order valence-electron chi connectivity index (χ1n) is 4.13. The fourth-order valence-corrected chi connectivity index (χ4v) is 1.04. The van der Waals surface area contributed by atoms with Crippen molar-refractivity contribution in [2.75, 3.05) is 13.7 Å². The Labute approximate surface area is 63.6 Å². The molecule has 0 aromatic rings. The lowest BCUT2D eigenvalue weighted by Gasteiger charge is -2.13. The van der Waals surface area contributed by atoms with Crippen molar-refractivity contribution in [3.63, 3.8) is 0 Å². The average molecular weight is 145 g/mol. The Balaban J connectivity index is 3.21. The SMILES string of the molecule is CCCCC(CCO)NC. The first kappa shape index (κ1) is 9.92. The van der Waals surface area contributed by atoms with Gasteiger partial charge in [0.1, 0.15) is 0 Å². The molecule has 0 aliphatic heterocycles. The predicted molar refractivity (Wildman–Crippen MR) is 44.1 cm³/mol. The lowest BCUT2D eigenvalue weighted by molar-refractivity contribution is 0.263. The lowest BCUT2D eigenvalue weighted by Crippen LogP contribution is -2.25. The van der Waals surface area contributed by atoms with Crippen molar-refractivity contribution in [2.45, 2.75) is 38.6 Å². The smallest absolute Gasteiger partial charge is 0.0445 e. The van der Waals surface area contributed by atoms with E-state index in [1.54, 1.807) is 0 Å². The van der Waals surface area contributed by atoms with Crippen molar-refractivity contribution < 1.29 is 5.11 Å². The summed E-state index contributed by atoms with van der Waals surface area (Å²) in [5, 5.41) is 11.8. The van der Waals surface area contributed by atoms with Crippen LogP contribution in [0.2, 0.25) is 0 Å². The van der Waals surface area contributed by atoms with Gasteiger partial charge in [-0.3, -0.25) is 0 Å². The number of nitrogens with one attached hydrogen (secondary N) is 1. The maximum Gasteiger partial charge on any atom is 0.0445 e. The highest BCUT2D eigenvalue weighted by Crippen LogP contribution is 2.02. The Kier molecular flexibility index (Phi) is 6.98. The molecule has 0 aliphatic rings. The van der Waals surface area contributed by atoms with E-state index in [9.17, 15) is 0 Å². The number of unbranched alkanes of at least 4 members (excludes halogenated alkanes) is 1. The van der Waals surface area contributed by atoms with Crippen LogP contribution >= 0.6 is 0 Å². The van der Waals surface area contributed by atoms with Gasteiger partial charge in [-0.15, -0.1) is 0 Å². The van der Waals surface area contributed by atoms with E-state index in [-0.39, 0.29) is 0 Å². The van der Waals surface area contributed by atoms with Crippen LogP contribution in [0.25, 0.3) is 0 Å². The van der Waals surface area contributed by atoms with E-state index in [4.69, 9.17) is 5.11 Å². The van der Waals surface area contributed by atoms with Gasteiger partial charge in [0, 0.05) is 12.6 Å². The summed E-state index contributed by atoms with van der Waals surface area (Å²) in [4.78, 5) is 0. The van der Waals surface area contributed by atoms with Gasteiger partial charge in [-0.2, -0.15) is 0 Å². The molecule has 0 saturated carbocycles. The van der Waals surface area contributed by atoms with Crippen molar-refractivity contribution >= 4 is 0 Å². The van der Waals surface area contributed by atoms with Gasteiger partial charge in [-0.1, -0.05) is 19.8 Å². The molecule has 2 N–H and O–H groups in total. The van der Waals surface area contributed by atoms with E-state index in [1.807, 2.05) is 7.05 Å². The molecule has 0 rings (SSSR count). The molecule has 0 radical (unpaired) electrons. The third-order valence-corrected chi connectivity index (χ3v) is 1.79. The molecule has 0 spiro atoms. The van der Waals surface area contributed by atoms with Crippen LogP contribution < -0.4 is 5.32 Å². The highest BCUT2D eigenvalue weighted by atomic mass is 16.3. The van der Waals surface area contributed by atoms with Gasteiger partial charge >= 0.3 is 0 Å². The Hall–Kier alpha value is -0.0800. The molecule has 2 nitrogen and oxygen atoms in total. The third-order valence-electron chi connectivity index (χ3n) is 1.79. The van der Waals surface area contributed by atoms with Crippen molar-refractivity contribution in [2.24, 2.45) is 0 Å². The van der Waals surface area contributed by atoms with Gasteiger partial charge in [0.25, 0.3) is 0 Å². The Morgan fingerprint density at radius 1 is 1.40 bits per heavy atom. The second-order valence-electron chi connectivity index (χ2n) is 2.64. The Bertz CT molecular complexity index is 66.3. The summed E-state index contributed by atoms with van der Waals surface area (Å²) >= 11 is 0. The maximum absolute atomic E-state index is 8.63. The largest absolute Gasteiger partial charge is 0.396 e. The highest BCUT2D eigenvalue weighted by Gasteiger charge is 2.02. The fraction of sp³-hybridized carbons (Fsp3) is 1.00. The van der Waals surface area contributed by atoms with Crippen LogP contribution in [-0.4, -0.2) is 24.8 Å². The van der Waals surface area contributed by atoms with Crippen LogP contribution in [0.4, 0.5) is 0 Å². The van der Waals surface area contributed by atoms with Crippen LogP contribution in [0.1, 0.15) is 32.6 Å². The van der Waals surface area contributed by atoms with E-state index in [2.05, 4.69) is 12.2 Å². The van der Waals surface area contributed by atoms with Crippen LogP contribution in [0.5, 0.6) is 0 Å². The zero-order valence-corrected chi connectivity index (χ0v) is 7.06. The second kappa shape index (κ2) is 7.03. The molecule has 2 heteroatoms. The third kappa shape index (κ3) is 4.77. The molecule has 0 fully saturated rings. The van der Waals surface area contributed by atoms with Crippen LogP contribution in [0.3, 0.4) is 0 Å². The molecule has 0 bridgehead atoms. The molecular weight excluding hydrogens is 126 g/mol. The molecule has 0 aliphatic carbocycles. The highest BCUT2D eigenvalue weighted by molar-refractivity contribution is 4.62. The summed E-state index contributed by atoms with van der Waals surface area (Å²) in [6.45, 7) is 2.49. The number of hydrogen-bond acceptors (Lipinski definition) is 2. The van der Waals surface area contributed by atoms with Gasteiger partial charge in [0.05, 0.1) is 0 Å². The zero-order valence-electron chi connectivity index (χ0n) is 7.06. The van der Waals surface area contributed by atoms with Gasteiger partial charge < -0.3 is 10.4 Å². The molecule has 0 aromatic carbocycles. The lowest BCUT2D eigenvalue weighted by atomic mass is 10.1. The van der Waals surface area contributed by atoms with E-state index < -0.39 is 0 Å². The van der Waals surface area contributed by atoms with Gasteiger partial charge in [0.15, 0.2) is 0 Å². The number of rotatable bonds is 6. The van der Waals surface area contributed by atoms with E-state index >= 15 is 0 Å². The number of hydrogen-bond donors (Lipinski definition) is 2. The van der Waals surface area contributed by atoms with E-state index in [0.29, 0.717) is 12.6 Å². The standard InChI is InChI=1S/C8H19NO/c1-3-4-5-8(9-2)6-7-10/h8-10H,3-7H2,1-2H3. The molecular formula is C8H19NO. The molecule has 0 amide bonds. The first-order valence-corrected chi connectivity index (χ1v) is 4.13. The quantitative estimate of drug-likeness (QED) is 0.587. The molecule has 1 unspecified atom stereocenters. The van der Waals surface area contributed by atoms with E-state index in [1.165, 1.54) is 19.3 Å². The molecule has 0 heterocycles. The van der Waals surface area contributed by atoms with Crippen molar-refractivity contribution in [1.29, 1.82) is 0 Å². The molecule has 1 atom stereocenters. The summed E-state index contributed by atoms with van der Waals surface area (Å²) in [5.41, 5.74) is 0. The van der Waals surface area contributed by atoms with Gasteiger partial charge in [-0.25, -0.2) is 0 Å². The summed E-state index contributed by atoms with van der Waals surface area (Å²) in [5.74, 6) is 0. The van der Waals surface area contributed by atoms with Crippen molar-refractivity contribution in [3.05, 3.63) is 0 Å². The number of aliphatic hydroxyl groups excluding tert-OH is 1.